The van der Waals surface area contributed by atoms with Crippen LogP contribution in [0.5, 0.6) is 0 Å². The van der Waals surface area contributed by atoms with E-state index in [2.05, 4.69) is 53.7 Å². The molecule has 0 spiro atoms. The number of aliphatic hydroxyl groups excluding tert-OH is 1. The fraction of sp³-hybridized carbons (Fsp3) is 0.862. The van der Waals surface area contributed by atoms with Gasteiger partial charge in [-0.3, -0.25) is 0 Å². The standard InChI is InChI=1S/C29H48O/c1-7-21(19(2)3)9-8-20(4)25-12-13-26-24-11-10-22-18-23(30)14-16-28(22,5)27(24)15-17-29(25,26)6/h7,10,19-20,23-27,30H,8-9,11-18H2,1-6H3/b21-7+/t20?,23?,24?,25?,26-,27-,28?,29?/m0/s1. The Balaban J connectivity index is 1.49. The number of hydrogen-bond acceptors (Lipinski definition) is 1. The Morgan fingerprint density at radius 1 is 1.10 bits per heavy atom. The lowest BCUT2D eigenvalue weighted by Gasteiger charge is -2.58. The summed E-state index contributed by atoms with van der Waals surface area (Å²) in [6.45, 7) is 14.7. The van der Waals surface area contributed by atoms with Gasteiger partial charge in [-0.15, -0.1) is 0 Å². The van der Waals surface area contributed by atoms with Crippen LogP contribution in [0.3, 0.4) is 0 Å². The Kier molecular flexibility index (Phi) is 6.35. The molecule has 30 heavy (non-hydrogen) atoms. The van der Waals surface area contributed by atoms with E-state index in [0.717, 1.165) is 42.4 Å². The maximum absolute atomic E-state index is 10.2. The molecule has 4 aliphatic rings. The van der Waals surface area contributed by atoms with Gasteiger partial charge in [0.25, 0.3) is 0 Å². The van der Waals surface area contributed by atoms with Gasteiger partial charge in [-0.2, -0.15) is 0 Å². The highest BCUT2D eigenvalue weighted by molar-refractivity contribution is 5.25. The molecule has 0 aromatic heterocycles. The fourth-order valence-corrected chi connectivity index (χ4v) is 8.98. The van der Waals surface area contributed by atoms with Gasteiger partial charge in [0, 0.05) is 0 Å². The third kappa shape index (κ3) is 3.66. The fourth-order valence-electron chi connectivity index (χ4n) is 8.98. The molecule has 0 aromatic carbocycles. The monoisotopic (exact) mass is 412 g/mol. The Bertz CT molecular complexity index is 686. The summed E-state index contributed by atoms with van der Waals surface area (Å²) in [5.74, 6) is 5.15. The molecular weight excluding hydrogens is 364 g/mol. The second-order valence-electron chi connectivity index (χ2n) is 12.4. The number of aliphatic hydroxyl groups is 1. The molecule has 170 valence electrons. The molecule has 0 bridgehead atoms. The van der Waals surface area contributed by atoms with Crippen LogP contribution in [0.1, 0.15) is 106 Å². The SMILES string of the molecule is C/C=C(\CCC(C)C1CC[C@H]2C3CC=C4CC(O)CCC4(C)[C@H]3CCC12C)C(C)C. The quantitative estimate of drug-likeness (QED) is 0.454. The van der Waals surface area contributed by atoms with Crippen molar-refractivity contribution in [3.05, 3.63) is 23.3 Å². The van der Waals surface area contributed by atoms with Gasteiger partial charge < -0.3 is 5.11 Å². The average Bonchev–Trinajstić information content (AvgIpc) is 3.06. The molecule has 0 aliphatic heterocycles. The lowest BCUT2D eigenvalue weighted by atomic mass is 9.47. The zero-order valence-electron chi connectivity index (χ0n) is 20.7. The minimum Gasteiger partial charge on any atom is -0.393 e. The second kappa shape index (κ2) is 8.42. The van der Waals surface area contributed by atoms with Crippen molar-refractivity contribution in [1.82, 2.24) is 0 Å². The van der Waals surface area contributed by atoms with Gasteiger partial charge in [0.15, 0.2) is 0 Å². The molecule has 4 aliphatic carbocycles. The molecule has 6 unspecified atom stereocenters. The van der Waals surface area contributed by atoms with Crippen LogP contribution in [0.2, 0.25) is 0 Å². The van der Waals surface area contributed by atoms with Crippen LogP contribution in [0.25, 0.3) is 0 Å². The summed E-state index contributed by atoms with van der Waals surface area (Å²) in [6, 6.07) is 0. The number of hydrogen-bond donors (Lipinski definition) is 1. The average molecular weight is 413 g/mol. The van der Waals surface area contributed by atoms with Crippen LogP contribution in [0.15, 0.2) is 23.3 Å². The number of rotatable bonds is 5. The van der Waals surface area contributed by atoms with E-state index in [1.165, 1.54) is 51.4 Å². The maximum atomic E-state index is 10.2. The van der Waals surface area contributed by atoms with Gasteiger partial charge in [-0.25, -0.2) is 0 Å². The summed E-state index contributed by atoms with van der Waals surface area (Å²) in [4.78, 5) is 0. The number of fused-ring (bicyclic) bond motifs is 5. The first kappa shape index (κ1) is 22.6. The molecule has 8 atom stereocenters. The molecule has 0 amide bonds. The minimum atomic E-state index is -0.0839. The van der Waals surface area contributed by atoms with Crippen molar-refractivity contribution in [3.8, 4) is 0 Å². The van der Waals surface area contributed by atoms with Crippen molar-refractivity contribution in [3.63, 3.8) is 0 Å². The first-order valence-corrected chi connectivity index (χ1v) is 13.2. The van der Waals surface area contributed by atoms with Gasteiger partial charge in [0.1, 0.15) is 0 Å². The Morgan fingerprint density at radius 2 is 1.87 bits per heavy atom. The van der Waals surface area contributed by atoms with E-state index in [9.17, 15) is 5.11 Å². The van der Waals surface area contributed by atoms with Crippen molar-refractivity contribution < 1.29 is 5.11 Å². The second-order valence-corrected chi connectivity index (χ2v) is 12.4. The maximum Gasteiger partial charge on any atom is 0.0577 e. The van der Waals surface area contributed by atoms with Gasteiger partial charge >= 0.3 is 0 Å². The molecule has 0 saturated heterocycles. The van der Waals surface area contributed by atoms with Crippen molar-refractivity contribution in [1.29, 1.82) is 0 Å². The van der Waals surface area contributed by atoms with Crippen LogP contribution in [0, 0.1) is 46.3 Å². The summed E-state index contributed by atoms with van der Waals surface area (Å²) >= 11 is 0. The molecule has 0 radical (unpaired) electrons. The first-order valence-electron chi connectivity index (χ1n) is 13.2. The van der Waals surface area contributed by atoms with Crippen LogP contribution in [-0.4, -0.2) is 11.2 Å². The summed E-state index contributed by atoms with van der Waals surface area (Å²) in [6.07, 6.45) is 17.8. The third-order valence-electron chi connectivity index (χ3n) is 10.8. The summed E-state index contributed by atoms with van der Waals surface area (Å²) in [5.41, 5.74) is 4.21. The third-order valence-corrected chi connectivity index (χ3v) is 10.8. The Labute approximate surface area is 186 Å². The minimum absolute atomic E-state index is 0.0839. The van der Waals surface area contributed by atoms with E-state index in [1.807, 2.05) is 0 Å². The number of allylic oxidation sites excluding steroid dienone is 3. The van der Waals surface area contributed by atoms with E-state index in [1.54, 1.807) is 11.1 Å². The molecule has 1 nitrogen and oxygen atoms in total. The molecule has 3 fully saturated rings. The van der Waals surface area contributed by atoms with Crippen molar-refractivity contribution in [2.45, 2.75) is 112 Å². The molecule has 4 rings (SSSR count). The van der Waals surface area contributed by atoms with Gasteiger partial charge in [0.2, 0.25) is 0 Å². The summed E-state index contributed by atoms with van der Waals surface area (Å²) < 4.78 is 0. The van der Waals surface area contributed by atoms with Crippen molar-refractivity contribution >= 4 is 0 Å². The summed E-state index contributed by atoms with van der Waals surface area (Å²) in [5, 5.41) is 10.2. The van der Waals surface area contributed by atoms with Crippen molar-refractivity contribution in [2.75, 3.05) is 0 Å². The first-order chi connectivity index (χ1) is 14.2. The zero-order chi connectivity index (χ0) is 21.7. The molecule has 3 saturated carbocycles. The Hall–Kier alpha value is -0.560. The molecule has 0 heterocycles. The molecule has 1 heteroatoms. The van der Waals surface area contributed by atoms with E-state index in [-0.39, 0.29) is 6.10 Å². The van der Waals surface area contributed by atoms with Crippen LogP contribution < -0.4 is 0 Å². The molecule has 0 aromatic rings. The normalized spacial score (nSPS) is 44.9. The van der Waals surface area contributed by atoms with Crippen LogP contribution in [0.4, 0.5) is 0 Å². The van der Waals surface area contributed by atoms with E-state index < -0.39 is 0 Å². The highest BCUT2D eigenvalue weighted by Gasteiger charge is 2.59. The summed E-state index contributed by atoms with van der Waals surface area (Å²) in [7, 11) is 0. The predicted octanol–water partition coefficient (Wildman–Crippen LogP) is 7.94. The lowest BCUT2D eigenvalue weighted by Crippen LogP contribution is -2.50. The van der Waals surface area contributed by atoms with Crippen LogP contribution >= 0.6 is 0 Å². The largest absolute Gasteiger partial charge is 0.393 e. The van der Waals surface area contributed by atoms with Gasteiger partial charge in [-0.1, -0.05) is 57.9 Å². The van der Waals surface area contributed by atoms with E-state index in [4.69, 9.17) is 0 Å². The molecular formula is C29H48O. The molecule has 1 N–H and O–H groups in total. The predicted molar refractivity (Wildman–Crippen MR) is 128 cm³/mol. The lowest BCUT2D eigenvalue weighted by molar-refractivity contribution is -0.0571. The van der Waals surface area contributed by atoms with Crippen molar-refractivity contribution in [2.24, 2.45) is 46.3 Å². The topological polar surface area (TPSA) is 20.2 Å². The van der Waals surface area contributed by atoms with Crippen LogP contribution in [-0.2, 0) is 0 Å². The zero-order valence-corrected chi connectivity index (χ0v) is 20.7. The van der Waals surface area contributed by atoms with E-state index in [0.29, 0.717) is 16.7 Å². The van der Waals surface area contributed by atoms with E-state index >= 15 is 0 Å². The van der Waals surface area contributed by atoms with Gasteiger partial charge in [0.05, 0.1) is 6.10 Å². The van der Waals surface area contributed by atoms with Gasteiger partial charge in [-0.05, 0) is 117 Å². The Morgan fingerprint density at radius 3 is 2.57 bits per heavy atom. The highest BCUT2D eigenvalue weighted by atomic mass is 16.3. The highest BCUT2D eigenvalue weighted by Crippen LogP contribution is 2.67. The smallest absolute Gasteiger partial charge is 0.0577 e.